The minimum atomic E-state index is -0.877. The molecule has 0 aromatic heterocycles. The van der Waals surface area contributed by atoms with Crippen LogP contribution in [0.4, 0.5) is 4.79 Å². The number of hydrogen-bond donors (Lipinski definition) is 3. The molecule has 9 nitrogen and oxygen atoms in total. The minimum Gasteiger partial charge on any atom is -0.467 e. The van der Waals surface area contributed by atoms with E-state index >= 15 is 0 Å². The molecule has 0 bridgehead atoms. The maximum atomic E-state index is 13.9. The van der Waals surface area contributed by atoms with Crippen molar-refractivity contribution in [2.45, 2.75) is 50.2 Å². The van der Waals surface area contributed by atoms with Crippen LogP contribution in [-0.2, 0) is 32.0 Å². The first-order valence-electron chi connectivity index (χ1n) is 19.4. The smallest absolute Gasteiger partial charge is 0.407 e. The van der Waals surface area contributed by atoms with E-state index in [4.69, 9.17) is 14.2 Å². The Morgan fingerprint density at radius 1 is 0.649 bits per heavy atom. The predicted octanol–water partition coefficient (Wildman–Crippen LogP) is 8.70. The average molecular weight is 762 g/mol. The van der Waals surface area contributed by atoms with Gasteiger partial charge in [-0.15, -0.1) is 0 Å². The van der Waals surface area contributed by atoms with Crippen LogP contribution in [0, 0.1) is 0 Å². The maximum absolute atomic E-state index is 13.9. The number of ether oxygens (including phenoxy) is 3. The van der Waals surface area contributed by atoms with Crippen LogP contribution in [0.15, 0.2) is 146 Å². The van der Waals surface area contributed by atoms with Crippen molar-refractivity contribution in [3.63, 3.8) is 0 Å². The molecule has 290 valence electrons. The number of unbranched alkanes of at least 4 members (excludes halogenated alkanes) is 1. The van der Waals surface area contributed by atoms with E-state index in [1.807, 2.05) is 121 Å². The maximum Gasteiger partial charge on any atom is 0.407 e. The van der Waals surface area contributed by atoms with Gasteiger partial charge >= 0.3 is 12.1 Å². The lowest BCUT2D eigenvalue weighted by Gasteiger charge is -2.23. The lowest BCUT2D eigenvalue weighted by molar-refractivity contribution is -0.145. The number of esters is 1. The molecule has 0 heterocycles. The molecule has 0 saturated heterocycles. The number of methoxy groups -OCH3 is 1. The summed E-state index contributed by atoms with van der Waals surface area (Å²) in [7, 11) is 1.33. The Labute approximate surface area is 333 Å². The first-order valence-corrected chi connectivity index (χ1v) is 19.4. The molecule has 7 rings (SSSR count). The Kier molecular flexibility index (Phi) is 12.9. The minimum absolute atomic E-state index is 0.0175. The van der Waals surface area contributed by atoms with Crippen molar-refractivity contribution < 1.29 is 28.6 Å². The highest BCUT2D eigenvalue weighted by Crippen LogP contribution is 2.44. The van der Waals surface area contributed by atoms with E-state index in [0.717, 1.165) is 38.8 Å². The molecule has 2 amide bonds. The molecule has 6 aromatic carbocycles. The molecular formula is C48H47N3O6. The number of benzene rings is 6. The zero-order valence-corrected chi connectivity index (χ0v) is 32.0. The highest BCUT2D eigenvalue weighted by Gasteiger charge is 2.29. The molecule has 1 aliphatic carbocycles. The van der Waals surface area contributed by atoms with Crippen molar-refractivity contribution in [3.05, 3.63) is 168 Å². The van der Waals surface area contributed by atoms with E-state index in [2.05, 4.69) is 40.2 Å². The van der Waals surface area contributed by atoms with Crippen LogP contribution in [0.5, 0.6) is 11.5 Å². The van der Waals surface area contributed by atoms with Crippen molar-refractivity contribution in [2.24, 2.45) is 0 Å². The highest BCUT2D eigenvalue weighted by molar-refractivity contribution is 5.88. The van der Waals surface area contributed by atoms with E-state index < -0.39 is 24.1 Å². The topological polar surface area (TPSA) is 115 Å². The summed E-state index contributed by atoms with van der Waals surface area (Å²) >= 11 is 0. The van der Waals surface area contributed by atoms with Crippen LogP contribution in [0.1, 0.15) is 47.4 Å². The molecule has 3 N–H and O–H groups in total. The van der Waals surface area contributed by atoms with Gasteiger partial charge in [0.2, 0.25) is 5.91 Å². The van der Waals surface area contributed by atoms with Gasteiger partial charge in [0.25, 0.3) is 0 Å². The normalized spacial score (nSPS) is 12.9. The summed E-state index contributed by atoms with van der Waals surface area (Å²) in [6.45, 7) is 1.04. The standard InChI is InChI=1S/C48H47N3O6/c1-55-47(53)45(30-34-22-25-35-13-5-6-14-36(35)29-34)51-46(52)44(50-31-33-23-26-38(27-24-33)57-37-15-3-2-4-16-37)21-11-12-28-49-48(54)56-32-43-41-19-9-7-17-39(41)40-18-8-10-20-42(40)43/h2-10,13-20,22-27,29,43-45,50H,11-12,21,28,30-32H2,1H3,(H,49,54)(H,51,52)/t44-,45-/m0/s1. The molecule has 0 radical (unpaired) electrons. The zero-order valence-electron chi connectivity index (χ0n) is 32.0. The third-order valence-electron chi connectivity index (χ3n) is 10.4. The van der Waals surface area contributed by atoms with Crippen LogP contribution < -0.4 is 20.7 Å². The van der Waals surface area contributed by atoms with Crippen molar-refractivity contribution in [3.8, 4) is 22.6 Å². The van der Waals surface area contributed by atoms with E-state index in [1.165, 1.54) is 18.2 Å². The van der Waals surface area contributed by atoms with Crippen LogP contribution in [0.2, 0.25) is 0 Å². The van der Waals surface area contributed by atoms with Crippen LogP contribution in [0.25, 0.3) is 21.9 Å². The highest BCUT2D eigenvalue weighted by atomic mass is 16.5. The van der Waals surface area contributed by atoms with E-state index in [1.54, 1.807) is 0 Å². The van der Waals surface area contributed by atoms with E-state index in [-0.39, 0.29) is 24.9 Å². The van der Waals surface area contributed by atoms with Crippen LogP contribution in [0.3, 0.4) is 0 Å². The Bertz CT molecular complexity index is 2250. The summed E-state index contributed by atoms with van der Waals surface area (Å²) in [5.41, 5.74) is 6.54. The second kappa shape index (κ2) is 18.9. The summed E-state index contributed by atoms with van der Waals surface area (Å²) in [5.74, 6) is 0.613. The molecule has 1 aliphatic rings. The number of hydrogen-bond acceptors (Lipinski definition) is 7. The number of alkyl carbamates (subject to hydrolysis) is 1. The average Bonchev–Trinajstić information content (AvgIpc) is 3.57. The fourth-order valence-electron chi connectivity index (χ4n) is 7.39. The fraction of sp³-hybridized carbons (Fsp3) is 0.229. The zero-order chi connectivity index (χ0) is 39.4. The summed E-state index contributed by atoms with van der Waals surface area (Å²) in [4.78, 5) is 39.7. The number of rotatable bonds is 17. The van der Waals surface area contributed by atoms with Crippen LogP contribution in [-0.4, -0.2) is 50.3 Å². The van der Waals surface area contributed by atoms with E-state index in [0.29, 0.717) is 38.1 Å². The first-order chi connectivity index (χ1) is 27.9. The first kappa shape index (κ1) is 38.8. The molecule has 2 atom stereocenters. The molecule has 0 unspecified atom stereocenters. The number of amides is 2. The molecule has 9 heteroatoms. The molecule has 0 spiro atoms. The quantitative estimate of drug-likeness (QED) is 0.0630. The second-order valence-corrected chi connectivity index (χ2v) is 14.2. The van der Waals surface area contributed by atoms with Crippen molar-refractivity contribution >= 4 is 28.7 Å². The van der Waals surface area contributed by atoms with Crippen molar-refractivity contribution in [1.29, 1.82) is 0 Å². The molecular weight excluding hydrogens is 715 g/mol. The van der Waals surface area contributed by atoms with E-state index in [9.17, 15) is 14.4 Å². The molecule has 6 aromatic rings. The van der Waals surface area contributed by atoms with Gasteiger partial charge in [0.05, 0.1) is 13.2 Å². The van der Waals surface area contributed by atoms with Gasteiger partial charge in [-0.1, -0.05) is 121 Å². The molecule has 57 heavy (non-hydrogen) atoms. The van der Waals surface area contributed by atoms with Gasteiger partial charge in [-0.3, -0.25) is 4.79 Å². The lowest BCUT2D eigenvalue weighted by Crippen LogP contribution is -2.51. The largest absolute Gasteiger partial charge is 0.467 e. The third-order valence-corrected chi connectivity index (χ3v) is 10.4. The Balaban J connectivity index is 0.948. The van der Waals surface area contributed by atoms with Crippen molar-refractivity contribution in [1.82, 2.24) is 16.0 Å². The molecule has 0 saturated carbocycles. The Morgan fingerprint density at radius 2 is 1.28 bits per heavy atom. The SMILES string of the molecule is COC(=O)[C@H](Cc1ccc2ccccc2c1)NC(=O)[C@H](CCCCNC(=O)OCC1c2ccccc2-c2ccccc21)NCc1ccc(Oc2ccccc2)cc1. The van der Waals surface area contributed by atoms with Gasteiger partial charge in [0.1, 0.15) is 24.1 Å². The predicted molar refractivity (Wildman–Crippen MR) is 222 cm³/mol. The summed E-state index contributed by atoms with van der Waals surface area (Å²) in [5, 5.41) is 11.4. The lowest BCUT2D eigenvalue weighted by atomic mass is 9.98. The number of para-hydroxylation sites is 1. The summed E-state index contributed by atoms with van der Waals surface area (Å²) in [6, 6.07) is 46.3. The van der Waals surface area contributed by atoms with Crippen LogP contribution >= 0.6 is 0 Å². The van der Waals surface area contributed by atoms with Gasteiger partial charge < -0.3 is 30.2 Å². The fourth-order valence-corrected chi connectivity index (χ4v) is 7.39. The Hall–Kier alpha value is -6.45. The summed E-state index contributed by atoms with van der Waals surface area (Å²) in [6.07, 6.45) is 1.53. The number of carbonyl (C=O) groups excluding carboxylic acids is 3. The molecule has 0 fully saturated rings. The van der Waals surface area contributed by atoms with Gasteiger partial charge in [0.15, 0.2) is 0 Å². The second-order valence-electron chi connectivity index (χ2n) is 14.2. The van der Waals surface area contributed by atoms with Gasteiger partial charge in [-0.25, -0.2) is 9.59 Å². The van der Waals surface area contributed by atoms with Gasteiger partial charge in [-0.2, -0.15) is 0 Å². The van der Waals surface area contributed by atoms with Crippen molar-refractivity contribution in [2.75, 3.05) is 20.3 Å². The Morgan fingerprint density at radius 3 is 2.00 bits per heavy atom. The number of nitrogens with one attached hydrogen (secondary N) is 3. The number of carbonyl (C=O) groups is 3. The monoisotopic (exact) mass is 761 g/mol. The van der Waals surface area contributed by atoms with Gasteiger partial charge in [-0.05, 0) is 87.7 Å². The third kappa shape index (κ3) is 10.1. The summed E-state index contributed by atoms with van der Waals surface area (Å²) < 4.78 is 16.8. The number of fused-ring (bicyclic) bond motifs is 4. The van der Waals surface area contributed by atoms with Gasteiger partial charge in [0, 0.05) is 25.4 Å². The molecule has 0 aliphatic heterocycles.